The smallest absolute Gasteiger partial charge is 0.255 e. The minimum Gasteiger partial charge on any atom is -0.382 e. The first kappa shape index (κ1) is 9.18. The highest BCUT2D eigenvalue weighted by Gasteiger charge is 2.08. The fraction of sp³-hybridized carbons (Fsp3) is 0.125. The molecule has 0 aliphatic rings. The van der Waals surface area contributed by atoms with Crippen molar-refractivity contribution in [3.05, 3.63) is 30.5 Å². The second-order valence-corrected chi connectivity index (χ2v) is 2.33. The van der Waals surface area contributed by atoms with Gasteiger partial charge in [-0.3, -0.25) is 4.79 Å². The number of carbonyl (C=O) groups excluding carboxylic acids is 1. The molecule has 0 aliphatic heterocycles. The average Bonchev–Trinajstić information content (AvgIpc) is 2.15. The molecule has 0 aromatic carbocycles. The predicted octanol–water partition coefficient (Wildman–Crippen LogP) is -0.0254. The minimum atomic E-state index is -0.271. The molecule has 0 atom stereocenters. The van der Waals surface area contributed by atoms with Gasteiger partial charge in [0, 0.05) is 6.54 Å². The Hall–Kier alpha value is -1.91. The highest BCUT2D eigenvalue weighted by Crippen LogP contribution is 2.04. The van der Waals surface area contributed by atoms with E-state index in [0.717, 1.165) is 0 Å². The highest BCUT2D eigenvalue weighted by molar-refractivity contribution is 5.98. The van der Waals surface area contributed by atoms with Gasteiger partial charge in [-0.15, -0.1) is 11.7 Å². The molecular formula is C8H10N4O. The van der Waals surface area contributed by atoms with Crippen LogP contribution in [0, 0.1) is 0 Å². The van der Waals surface area contributed by atoms with E-state index in [1.54, 1.807) is 6.08 Å². The first-order valence-electron chi connectivity index (χ1n) is 3.72. The Bertz CT molecular complexity index is 324. The lowest BCUT2D eigenvalue weighted by Crippen LogP contribution is -2.24. The largest absolute Gasteiger partial charge is 0.382 e. The number of anilines is 1. The number of hydrogen-bond acceptors (Lipinski definition) is 4. The summed E-state index contributed by atoms with van der Waals surface area (Å²) < 4.78 is 0. The van der Waals surface area contributed by atoms with Crippen LogP contribution in [-0.2, 0) is 0 Å². The molecule has 5 heteroatoms. The number of carbonyl (C=O) groups is 1. The molecule has 0 aliphatic carbocycles. The summed E-state index contributed by atoms with van der Waals surface area (Å²) in [6.07, 6.45) is 3.00. The van der Waals surface area contributed by atoms with Gasteiger partial charge in [0.1, 0.15) is 0 Å². The molecule has 1 amide bonds. The van der Waals surface area contributed by atoms with Crippen LogP contribution in [0.2, 0.25) is 0 Å². The lowest BCUT2D eigenvalue weighted by atomic mass is 10.2. The van der Waals surface area contributed by atoms with Gasteiger partial charge < -0.3 is 11.1 Å². The van der Waals surface area contributed by atoms with Crippen LogP contribution >= 0.6 is 0 Å². The van der Waals surface area contributed by atoms with Gasteiger partial charge >= 0.3 is 0 Å². The van der Waals surface area contributed by atoms with Gasteiger partial charge in [-0.1, -0.05) is 6.08 Å². The fourth-order valence-electron chi connectivity index (χ4n) is 0.795. The van der Waals surface area contributed by atoms with Crippen molar-refractivity contribution in [3.63, 3.8) is 0 Å². The molecule has 1 aromatic heterocycles. The maximum absolute atomic E-state index is 11.3. The zero-order valence-electron chi connectivity index (χ0n) is 7.03. The van der Waals surface area contributed by atoms with Crippen molar-refractivity contribution in [3.8, 4) is 0 Å². The van der Waals surface area contributed by atoms with Crippen LogP contribution in [0.4, 0.5) is 5.82 Å². The lowest BCUT2D eigenvalue weighted by molar-refractivity contribution is 0.0958. The van der Waals surface area contributed by atoms with Gasteiger partial charge in [-0.25, -0.2) is 0 Å². The molecule has 0 fully saturated rings. The molecule has 0 bridgehead atoms. The van der Waals surface area contributed by atoms with Crippen LogP contribution < -0.4 is 11.1 Å². The number of aromatic nitrogens is 2. The Morgan fingerprint density at radius 1 is 1.77 bits per heavy atom. The molecular weight excluding hydrogens is 168 g/mol. The number of nitrogen functional groups attached to an aromatic ring is 1. The molecule has 13 heavy (non-hydrogen) atoms. The van der Waals surface area contributed by atoms with Gasteiger partial charge in [-0.05, 0) is 6.07 Å². The van der Waals surface area contributed by atoms with Gasteiger partial charge in [0.25, 0.3) is 5.91 Å². The average molecular weight is 178 g/mol. The van der Waals surface area contributed by atoms with Crippen molar-refractivity contribution < 1.29 is 4.79 Å². The van der Waals surface area contributed by atoms with Gasteiger partial charge in [0.15, 0.2) is 5.82 Å². The number of hydrogen-bond donors (Lipinski definition) is 2. The van der Waals surface area contributed by atoms with Crippen LogP contribution in [-0.4, -0.2) is 22.6 Å². The number of nitrogens with one attached hydrogen (secondary N) is 1. The van der Waals surface area contributed by atoms with Crippen molar-refractivity contribution in [2.45, 2.75) is 0 Å². The van der Waals surface area contributed by atoms with E-state index in [4.69, 9.17) is 5.73 Å². The second kappa shape index (κ2) is 4.20. The molecule has 0 saturated heterocycles. The van der Waals surface area contributed by atoms with Gasteiger partial charge in [0.05, 0.1) is 11.8 Å². The Kier molecular flexibility index (Phi) is 2.97. The van der Waals surface area contributed by atoms with Crippen LogP contribution in [0.1, 0.15) is 10.4 Å². The van der Waals surface area contributed by atoms with Crippen molar-refractivity contribution in [2.75, 3.05) is 12.3 Å². The zero-order valence-corrected chi connectivity index (χ0v) is 7.03. The number of rotatable bonds is 3. The van der Waals surface area contributed by atoms with E-state index < -0.39 is 0 Å². The molecule has 0 saturated carbocycles. The third kappa shape index (κ3) is 2.26. The van der Waals surface area contributed by atoms with Crippen molar-refractivity contribution in [2.24, 2.45) is 0 Å². The van der Waals surface area contributed by atoms with E-state index in [2.05, 4.69) is 22.1 Å². The maximum atomic E-state index is 11.3. The van der Waals surface area contributed by atoms with E-state index in [1.165, 1.54) is 12.3 Å². The van der Waals surface area contributed by atoms with Crippen molar-refractivity contribution in [1.29, 1.82) is 0 Å². The molecule has 0 unspecified atom stereocenters. The number of nitrogens with two attached hydrogens (primary N) is 1. The zero-order chi connectivity index (χ0) is 9.68. The van der Waals surface area contributed by atoms with E-state index in [-0.39, 0.29) is 11.7 Å². The van der Waals surface area contributed by atoms with Crippen molar-refractivity contribution >= 4 is 11.7 Å². The summed E-state index contributed by atoms with van der Waals surface area (Å²) in [5.41, 5.74) is 5.76. The number of amides is 1. The van der Waals surface area contributed by atoms with Crippen LogP contribution in [0.25, 0.3) is 0 Å². The molecule has 3 N–H and O–H groups in total. The van der Waals surface area contributed by atoms with Crippen LogP contribution in [0.15, 0.2) is 24.9 Å². The quantitative estimate of drug-likeness (QED) is 0.637. The van der Waals surface area contributed by atoms with E-state index in [0.29, 0.717) is 12.1 Å². The first-order valence-corrected chi connectivity index (χ1v) is 3.72. The van der Waals surface area contributed by atoms with E-state index >= 15 is 0 Å². The lowest BCUT2D eigenvalue weighted by Gasteiger charge is -2.02. The Morgan fingerprint density at radius 2 is 2.54 bits per heavy atom. The topological polar surface area (TPSA) is 80.9 Å². The Balaban J connectivity index is 2.76. The van der Waals surface area contributed by atoms with Gasteiger partial charge in [-0.2, -0.15) is 5.10 Å². The molecule has 1 aromatic rings. The monoisotopic (exact) mass is 178 g/mol. The summed E-state index contributed by atoms with van der Waals surface area (Å²) in [7, 11) is 0. The molecule has 0 spiro atoms. The summed E-state index contributed by atoms with van der Waals surface area (Å²) >= 11 is 0. The minimum absolute atomic E-state index is 0.129. The maximum Gasteiger partial charge on any atom is 0.255 e. The Morgan fingerprint density at radius 3 is 3.15 bits per heavy atom. The summed E-state index contributed by atoms with van der Waals surface area (Å²) in [5, 5.41) is 9.67. The van der Waals surface area contributed by atoms with Gasteiger partial charge in [0.2, 0.25) is 0 Å². The molecule has 1 heterocycles. The molecule has 0 radical (unpaired) electrons. The van der Waals surface area contributed by atoms with Crippen LogP contribution in [0.3, 0.4) is 0 Å². The highest BCUT2D eigenvalue weighted by atomic mass is 16.1. The Labute approximate surface area is 75.7 Å². The second-order valence-electron chi connectivity index (χ2n) is 2.33. The first-order chi connectivity index (χ1) is 6.25. The third-order valence-corrected chi connectivity index (χ3v) is 1.40. The summed E-state index contributed by atoms with van der Waals surface area (Å²) in [6.45, 7) is 3.88. The fourth-order valence-corrected chi connectivity index (χ4v) is 0.795. The number of nitrogens with zero attached hydrogens (tertiary/aromatic N) is 2. The molecule has 68 valence electrons. The summed E-state index contributed by atoms with van der Waals surface area (Å²) in [5.74, 6) is -0.142. The third-order valence-electron chi connectivity index (χ3n) is 1.40. The summed E-state index contributed by atoms with van der Waals surface area (Å²) in [6, 6.07) is 1.51. The normalized spacial score (nSPS) is 9.23. The van der Waals surface area contributed by atoms with E-state index in [1.807, 2.05) is 0 Å². The predicted molar refractivity (Wildman–Crippen MR) is 49.0 cm³/mol. The van der Waals surface area contributed by atoms with Crippen LogP contribution in [0.5, 0.6) is 0 Å². The standard InChI is InChI=1S/C8H10N4O/c1-2-4-10-8(13)6-3-5-11-12-7(6)9/h2-3,5H,1,4H2,(H2,9,12)(H,10,13). The van der Waals surface area contributed by atoms with E-state index in [9.17, 15) is 4.79 Å². The SMILES string of the molecule is C=CCNC(=O)c1ccnnc1N. The van der Waals surface area contributed by atoms with Crippen molar-refractivity contribution in [1.82, 2.24) is 15.5 Å². The molecule has 1 rings (SSSR count). The molecule has 5 nitrogen and oxygen atoms in total. The summed E-state index contributed by atoms with van der Waals surface area (Å²) in [4.78, 5) is 11.3.